The van der Waals surface area contributed by atoms with E-state index in [1.165, 1.54) is 4.88 Å². The molecule has 0 saturated heterocycles. The van der Waals surface area contributed by atoms with Gasteiger partial charge in [-0.15, -0.1) is 35.3 Å². The van der Waals surface area contributed by atoms with Crippen molar-refractivity contribution < 1.29 is 9.53 Å². The monoisotopic (exact) mass is 497 g/mol. The average molecular weight is 497 g/mol. The number of nitrogens with one attached hydrogen (secondary N) is 2. The van der Waals surface area contributed by atoms with Gasteiger partial charge >= 0.3 is 6.09 Å². The molecule has 150 valence electrons. The van der Waals surface area contributed by atoms with Crippen molar-refractivity contribution in [1.82, 2.24) is 20.5 Å². The van der Waals surface area contributed by atoms with Crippen molar-refractivity contribution in [2.75, 3.05) is 26.7 Å². The second-order valence-electron chi connectivity index (χ2n) is 6.60. The molecule has 0 aliphatic heterocycles. The van der Waals surface area contributed by atoms with Crippen LogP contribution in [0.15, 0.2) is 11.2 Å². The van der Waals surface area contributed by atoms with Crippen LogP contribution >= 0.6 is 35.3 Å². The summed E-state index contributed by atoms with van der Waals surface area (Å²) in [5.74, 6) is 0.716. The Bertz CT molecular complexity index is 572. The highest BCUT2D eigenvalue weighted by atomic mass is 127. The van der Waals surface area contributed by atoms with Crippen molar-refractivity contribution >= 4 is 47.4 Å². The molecule has 1 heterocycles. The van der Waals surface area contributed by atoms with Gasteiger partial charge in [-0.2, -0.15) is 0 Å². The number of carbonyl (C=O) groups excluding carboxylic acids is 1. The van der Waals surface area contributed by atoms with Crippen molar-refractivity contribution in [3.63, 3.8) is 0 Å². The highest BCUT2D eigenvalue weighted by Crippen LogP contribution is 2.14. The lowest BCUT2D eigenvalue weighted by Gasteiger charge is -2.24. The summed E-state index contributed by atoms with van der Waals surface area (Å²) in [5.41, 5.74) is -0.486. The number of aromatic nitrogens is 1. The summed E-state index contributed by atoms with van der Waals surface area (Å²) in [7, 11) is 1.72. The molecule has 2 N–H and O–H groups in total. The summed E-state index contributed by atoms with van der Waals surface area (Å²) in [5, 5.41) is 7.42. The molecule has 0 saturated carbocycles. The predicted molar refractivity (Wildman–Crippen MR) is 119 cm³/mol. The minimum Gasteiger partial charge on any atom is -0.444 e. The maximum atomic E-state index is 11.9. The molecule has 1 rings (SSSR count). The summed E-state index contributed by atoms with van der Waals surface area (Å²) < 4.78 is 5.33. The van der Waals surface area contributed by atoms with Crippen LogP contribution in [0.5, 0.6) is 0 Å². The Labute approximate surface area is 178 Å². The van der Waals surface area contributed by atoms with Crippen LogP contribution in [0.3, 0.4) is 0 Å². The van der Waals surface area contributed by atoms with Gasteiger partial charge in [0.15, 0.2) is 5.96 Å². The number of ether oxygens (including phenoxy) is 1. The molecule has 0 spiro atoms. The number of amides is 1. The van der Waals surface area contributed by atoms with E-state index < -0.39 is 5.60 Å². The van der Waals surface area contributed by atoms with Crippen LogP contribution in [-0.4, -0.2) is 54.2 Å². The van der Waals surface area contributed by atoms with Gasteiger partial charge in [-0.05, 0) is 34.1 Å². The fraction of sp³-hybridized carbons (Fsp3) is 0.706. The molecule has 0 radical (unpaired) electrons. The molecule has 0 atom stereocenters. The molecular formula is C17H32IN5O2S. The maximum absolute atomic E-state index is 11.9. The molecule has 0 bridgehead atoms. The van der Waals surface area contributed by atoms with E-state index in [2.05, 4.69) is 27.5 Å². The molecule has 9 heteroatoms. The Hall–Kier alpha value is -1.10. The topological polar surface area (TPSA) is 78.9 Å². The Balaban J connectivity index is 0.00000625. The van der Waals surface area contributed by atoms with E-state index in [0.717, 1.165) is 18.0 Å². The minimum absolute atomic E-state index is 0. The lowest BCUT2D eigenvalue weighted by atomic mass is 10.2. The lowest BCUT2D eigenvalue weighted by Crippen LogP contribution is -2.43. The number of rotatable bonds is 7. The van der Waals surface area contributed by atoms with Crippen LogP contribution in [0.2, 0.25) is 0 Å². The molecule has 1 amide bonds. The van der Waals surface area contributed by atoms with Crippen molar-refractivity contribution in [3.8, 4) is 0 Å². The Morgan fingerprint density at radius 3 is 2.58 bits per heavy atom. The SMILES string of the molecule is CCNC(=NCc1ncc(CC)s1)NCCN(C)C(=O)OC(C)(C)C.I. The number of guanidine groups is 1. The third kappa shape index (κ3) is 10.1. The van der Waals surface area contributed by atoms with Crippen LogP contribution in [-0.2, 0) is 17.7 Å². The zero-order valence-corrected chi connectivity index (χ0v) is 19.7. The molecule has 0 aliphatic rings. The Morgan fingerprint density at radius 1 is 1.35 bits per heavy atom. The number of carbonyl (C=O) groups is 1. The maximum Gasteiger partial charge on any atom is 0.410 e. The number of thiazole rings is 1. The summed E-state index contributed by atoms with van der Waals surface area (Å²) in [4.78, 5) is 23.7. The van der Waals surface area contributed by atoms with Crippen LogP contribution in [0.4, 0.5) is 4.79 Å². The first-order valence-electron chi connectivity index (χ1n) is 8.65. The number of nitrogens with zero attached hydrogens (tertiary/aromatic N) is 3. The first kappa shape index (κ1) is 24.9. The van der Waals surface area contributed by atoms with E-state index in [0.29, 0.717) is 25.6 Å². The fourth-order valence-corrected chi connectivity index (χ4v) is 2.63. The first-order valence-corrected chi connectivity index (χ1v) is 9.46. The summed E-state index contributed by atoms with van der Waals surface area (Å²) in [6, 6.07) is 0. The van der Waals surface area contributed by atoms with Crippen molar-refractivity contribution in [1.29, 1.82) is 0 Å². The first-order chi connectivity index (χ1) is 11.7. The quantitative estimate of drug-likeness (QED) is 0.344. The summed E-state index contributed by atoms with van der Waals surface area (Å²) in [6.45, 7) is 12.1. The summed E-state index contributed by atoms with van der Waals surface area (Å²) >= 11 is 1.69. The normalized spacial score (nSPS) is 11.5. The van der Waals surface area contributed by atoms with E-state index in [4.69, 9.17) is 4.74 Å². The predicted octanol–water partition coefficient (Wildman–Crippen LogP) is 3.25. The Morgan fingerprint density at radius 2 is 2.04 bits per heavy atom. The highest BCUT2D eigenvalue weighted by molar-refractivity contribution is 14.0. The minimum atomic E-state index is -0.486. The van der Waals surface area contributed by atoms with Gasteiger partial charge in [-0.25, -0.2) is 14.8 Å². The van der Waals surface area contributed by atoms with E-state index in [1.54, 1.807) is 23.3 Å². The van der Waals surface area contributed by atoms with E-state index >= 15 is 0 Å². The number of likely N-dealkylation sites (N-methyl/N-ethyl adjacent to an activating group) is 1. The van der Waals surface area contributed by atoms with Gasteiger partial charge in [0, 0.05) is 37.8 Å². The van der Waals surface area contributed by atoms with Crippen molar-refractivity contribution in [2.45, 2.75) is 53.2 Å². The molecule has 0 aromatic carbocycles. The second kappa shape index (κ2) is 12.3. The van der Waals surface area contributed by atoms with Crippen LogP contribution in [0, 0.1) is 0 Å². The Kier molecular flexibility index (Phi) is 11.8. The van der Waals surface area contributed by atoms with Crippen LogP contribution in [0.1, 0.15) is 44.5 Å². The van der Waals surface area contributed by atoms with E-state index in [-0.39, 0.29) is 30.1 Å². The van der Waals surface area contributed by atoms with Gasteiger partial charge in [0.25, 0.3) is 0 Å². The molecule has 0 fully saturated rings. The number of hydrogen-bond acceptors (Lipinski definition) is 5. The largest absolute Gasteiger partial charge is 0.444 e. The molecule has 1 aromatic rings. The standard InChI is InChI=1S/C17H31N5O2S.HI/c1-7-13-11-20-14(25-13)12-21-15(18-8-2)19-9-10-22(6)16(23)24-17(3,4)5;/h11H,7-10,12H2,1-6H3,(H2,18,19,21);1H. The zero-order chi connectivity index (χ0) is 18.9. The smallest absolute Gasteiger partial charge is 0.410 e. The lowest BCUT2D eigenvalue weighted by molar-refractivity contribution is 0.0302. The van der Waals surface area contributed by atoms with Gasteiger partial charge in [0.05, 0.1) is 6.54 Å². The van der Waals surface area contributed by atoms with Crippen LogP contribution in [0.25, 0.3) is 0 Å². The molecular weight excluding hydrogens is 465 g/mol. The average Bonchev–Trinajstić information content (AvgIpc) is 2.98. The van der Waals surface area contributed by atoms with Crippen molar-refractivity contribution in [2.24, 2.45) is 4.99 Å². The van der Waals surface area contributed by atoms with Gasteiger partial charge in [-0.3, -0.25) is 0 Å². The van der Waals surface area contributed by atoms with Gasteiger partial charge in [0.2, 0.25) is 0 Å². The molecule has 26 heavy (non-hydrogen) atoms. The molecule has 1 aromatic heterocycles. The van der Waals surface area contributed by atoms with Gasteiger partial charge < -0.3 is 20.3 Å². The van der Waals surface area contributed by atoms with Gasteiger partial charge in [-0.1, -0.05) is 6.92 Å². The zero-order valence-electron chi connectivity index (χ0n) is 16.6. The molecule has 7 nitrogen and oxygen atoms in total. The number of aliphatic imine (C=N–C) groups is 1. The third-order valence-corrected chi connectivity index (χ3v) is 4.24. The van der Waals surface area contributed by atoms with E-state index in [9.17, 15) is 4.79 Å². The third-order valence-electron chi connectivity index (χ3n) is 3.11. The van der Waals surface area contributed by atoms with Crippen LogP contribution < -0.4 is 10.6 Å². The molecule has 0 aliphatic carbocycles. The summed E-state index contributed by atoms with van der Waals surface area (Å²) in [6.07, 6.45) is 2.58. The number of aryl methyl sites for hydroxylation is 1. The molecule has 0 unspecified atom stereocenters. The van der Waals surface area contributed by atoms with Crippen molar-refractivity contribution in [3.05, 3.63) is 16.1 Å². The number of halogens is 1. The van der Waals surface area contributed by atoms with Gasteiger partial charge in [0.1, 0.15) is 10.6 Å². The number of hydrogen-bond donors (Lipinski definition) is 2. The van der Waals surface area contributed by atoms with E-state index in [1.807, 2.05) is 33.9 Å². The highest BCUT2D eigenvalue weighted by Gasteiger charge is 2.19. The second-order valence-corrected chi connectivity index (χ2v) is 7.80. The fourth-order valence-electron chi connectivity index (χ4n) is 1.85.